The number of nitrogens with zero attached hydrogens (tertiary/aromatic N) is 1. The molecule has 22 heavy (non-hydrogen) atoms. The van der Waals surface area contributed by atoms with E-state index in [9.17, 15) is 14.7 Å². The molecule has 0 aromatic heterocycles. The Hall–Kier alpha value is -2.30. The Morgan fingerprint density at radius 3 is 2.05 bits per heavy atom. The summed E-state index contributed by atoms with van der Waals surface area (Å²) in [4.78, 5) is 23.9. The zero-order valence-corrected chi connectivity index (χ0v) is 13.9. The predicted molar refractivity (Wildman–Crippen MR) is 85.8 cm³/mol. The second-order valence-corrected chi connectivity index (χ2v) is 5.80. The first-order valence-electron chi connectivity index (χ1n) is 7.08. The van der Waals surface area contributed by atoms with Gasteiger partial charge in [-0.05, 0) is 48.1 Å². The molecule has 1 rings (SSSR count). The molecule has 0 aliphatic rings. The molecule has 0 atom stereocenters. The number of aliphatic carboxylic acids is 1. The third-order valence-electron chi connectivity index (χ3n) is 3.26. The summed E-state index contributed by atoms with van der Waals surface area (Å²) in [5, 5.41) is 9.18. The van der Waals surface area contributed by atoms with E-state index < -0.39 is 17.8 Å². The lowest BCUT2D eigenvalue weighted by Gasteiger charge is -2.15. The number of amides is 1. The molecular formula is C17H23NO4. The molecule has 120 valence electrons. The first-order valence-corrected chi connectivity index (χ1v) is 7.08. The van der Waals surface area contributed by atoms with Gasteiger partial charge in [-0.2, -0.15) is 0 Å². The van der Waals surface area contributed by atoms with Crippen molar-refractivity contribution in [3.63, 3.8) is 0 Å². The summed E-state index contributed by atoms with van der Waals surface area (Å²) in [5.74, 6) is -1.28. The van der Waals surface area contributed by atoms with Gasteiger partial charge in [-0.25, -0.2) is 9.59 Å². The summed E-state index contributed by atoms with van der Waals surface area (Å²) in [5.41, 5.74) is 4.12. The third-order valence-corrected chi connectivity index (χ3v) is 3.26. The van der Waals surface area contributed by atoms with Crippen LogP contribution < -0.4 is 0 Å². The number of ether oxygens (including phenoxy) is 1. The standard InChI is InChI=1S/C17H23NO4/c1-10(2)15-11(3)7-13(8-12(15)4)9-14(16(19)20)22-17(21)18(5)6/h7-10H,1-6H3,(H,19,20). The van der Waals surface area contributed by atoms with Crippen LogP contribution in [0.3, 0.4) is 0 Å². The maximum atomic E-state index is 11.5. The van der Waals surface area contributed by atoms with E-state index in [2.05, 4.69) is 13.8 Å². The van der Waals surface area contributed by atoms with E-state index in [1.807, 2.05) is 26.0 Å². The lowest BCUT2D eigenvalue weighted by atomic mass is 9.91. The third kappa shape index (κ3) is 4.35. The molecule has 0 unspecified atom stereocenters. The van der Waals surface area contributed by atoms with Crippen LogP contribution in [-0.4, -0.2) is 36.2 Å². The average Bonchev–Trinajstić information content (AvgIpc) is 2.35. The van der Waals surface area contributed by atoms with Crippen molar-refractivity contribution in [1.29, 1.82) is 0 Å². The fourth-order valence-corrected chi connectivity index (χ4v) is 2.47. The average molecular weight is 305 g/mol. The quantitative estimate of drug-likeness (QED) is 0.682. The van der Waals surface area contributed by atoms with Gasteiger partial charge in [-0.3, -0.25) is 0 Å². The van der Waals surface area contributed by atoms with Gasteiger partial charge in [0.15, 0.2) is 0 Å². The highest BCUT2D eigenvalue weighted by Crippen LogP contribution is 2.25. The minimum absolute atomic E-state index is 0.392. The summed E-state index contributed by atoms with van der Waals surface area (Å²) in [6, 6.07) is 3.80. The maximum Gasteiger partial charge on any atom is 0.414 e. The van der Waals surface area contributed by atoms with Gasteiger partial charge in [-0.1, -0.05) is 26.0 Å². The predicted octanol–water partition coefficient (Wildman–Crippen LogP) is 3.55. The van der Waals surface area contributed by atoms with E-state index in [0.717, 1.165) is 11.1 Å². The minimum atomic E-state index is -1.28. The normalized spacial score (nSPS) is 11.5. The number of aryl methyl sites for hydroxylation is 2. The SMILES string of the molecule is Cc1cc(C=C(OC(=O)N(C)C)C(=O)O)cc(C)c1C(C)C. The zero-order chi connectivity index (χ0) is 17.0. The Balaban J connectivity index is 3.22. The molecule has 5 heteroatoms. The summed E-state index contributed by atoms with van der Waals surface area (Å²) in [6.07, 6.45) is 0.647. The fraction of sp³-hybridized carbons (Fsp3) is 0.412. The van der Waals surface area contributed by atoms with Crippen molar-refractivity contribution in [2.24, 2.45) is 0 Å². The molecule has 1 aromatic carbocycles. The van der Waals surface area contributed by atoms with Crippen LogP contribution in [-0.2, 0) is 9.53 Å². The highest BCUT2D eigenvalue weighted by molar-refractivity contribution is 5.92. The van der Waals surface area contributed by atoms with Crippen LogP contribution in [0, 0.1) is 13.8 Å². The fourth-order valence-electron chi connectivity index (χ4n) is 2.47. The van der Waals surface area contributed by atoms with E-state index in [-0.39, 0.29) is 0 Å². The highest BCUT2D eigenvalue weighted by atomic mass is 16.6. The van der Waals surface area contributed by atoms with Crippen molar-refractivity contribution in [1.82, 2.24) is 4.90 Å². The molecule has 0 saturated heterocycles. The van der Waals surface area contributed by atoms with Gasteiger partial charge in [0.25, 0.3) is 0 Å². The smallest absolute Gasteiger partial charge is 0.414 e. The molecule has 1 amide bonds. The zero-order valence-electron chi connectivity index (χ0n) is 13.9. The van der Waals surface area contributed by atoms with Gasteiger partial charge >= 0.3 is 12.1 Å². The number of carboxylic acid groups (broad SMARTS) is 1. The largest absolute Gasteiger partial charge is 0.475 e. The van der Waals surface area contributed by atoms with Gasteiger partial charge in [0.1, 0.15) is 0 Å². The molecule has 0 radical (unpaired) electrons. The Morgan fingerprint density at radius 1 is 1.18 bits per heavy atom. The maximum absolute atomic E-state index is 11.5. The van der Waals surface area contributed by atoms with Crippen molar-refractivity contribution in [3.05, 3.63) is 40.1 Å². The van der Waals surface area contributed by atoms with Crippen LogP contribution in [0.2, 0.25) is 0 Å². The molecule has 0 spiro atoms. The van der Waals surface area contributed by atoms with E-state index in [1.165, 1.54) is 30.6 Å². The Bertz CT molecular complexity index is 592. The lowest BCUT2D eigenvalue weighted by Crippen LogP contribution is -2.24. The number of hydrogen-bond acceptors (Lipinski definition) is 3. The van der Waals surface area contributed by atoms with Crippen molar-refractivity contribution in [2.45, 2.75) is 33.6 Å². The molecule has 0 saturated carbocycles. The number of rotatable bonds is 4. The van der Waals surface area contributed by atoms with Crippen LogP contribution in [0.25, 0.3) is 6.08 Å². The monoisotopic (exact) mass is 305 g/mol. The Kier molecular flexibility index (Phi) is 5.74. The molecule has 0 aliphatic carbocycles. The van der Waals surface area contributed by atoms with Gasteiger partial charge < -0.3 is 14.7 Å². The van der Waals surface area contributed by atoms with Gasteiger partial charge in [0.05, 0.1) is 0 Å². The van der Waals surface area contributed by atoms with Gasteiger partial charge in [-0.15, -0.1) is 0 Å². The van der Waals surface area contributed by atoms with Crippen molar-refractivity contribution in [3.8, 4) is 0 Å². The summed E-state index contributed by atoms with van der Waals surface area (Å²) >= 11 is 0. The number of carboxylic acids is 1. The van der Waals surface area contributed by atoms with Crippen LogP contribution in [0.5, 0.6) is 0 Å². The second kappa shape index (κ2) is 7.11. The molecule has 0 bridgehead atoms. The van der Waals surface area contributed by atoms with Gasteiger partial charge in [0, 0.05) is 14.1 Å². The second-order valence-electron chi connectivity index (χ2n) is 5.80. The lowest BCUT2D eigenvalue weighted by molar-refractivity contribution is -0.135. The van der Waals surface area contributed by atoms with Crippen LogP contribution in [0.1, 0.15) is 42.0 Å². The molecular weight excluding hydrogens is 282 g/mol. The molecule has 1 aromatic rings. The molecule has 0 aliphatic heterocycles. The van der Waals surface area contributed by atoms with Crippen LogP contribution in [0.4, 0.5) is 4.79 Å². The number of hydrogen-bond donors (Lipinski definition) is 1. The molecule has 0 heterocycles. The summed E-state index contributed by atoms with van der Waals surface area (Å²) < 4.78 is 4.88. The summed E-state index contributed by atoms with van der Waals surface area (Å²) in [7, 11) is 2.99. The number of carbonyl (C=O) groups excluding carboxylic acids is 1. The van der Waals surface area contributed by atoms with E-state index >= 15 is 0 Å². The number of carbonyl (C=O) groups is 2. The molecule has 5 nitrogen and oxygen atoms in total. The molecule has 0 fully saturated rings. The van der Waals surface area contributed by atoms with Gasteiger partial charge in [0.2, 0.25) is 5.76 Å². The highest BCUT2D eigenvalue weighted by Gasteiger charge is 2.16. The minimum Gasteiger partial charge on any atom is -0.475 e. The van der Waals surface area contributed by atoms with Crippen LogP contribution >= 0.6 is 0 Å². The van der Waals surface area contributed by atoms with Crippen molar-refractivity contribution >= 4 is 18.1 Å². The van der Waals surface area contributed by atoms with Crippen molar-refractivity contribution in [2.75, 3.05) is 14.1 Å². The summed E-state index contributed by atoms with van der Waals surface area (Å²) in [6.45, 7) is 8.22. The number of benzene rings is 1. The Labute approximate surface area is 131 Å². The molecule has 1 N–H and O–H groups in total. The first kappa shape index (κ1) is 17.8. The van der Waals surface area contributed by atoms with Crippen molar-refractivity contribution < 1.29 is 19.4 Å². The first-order chi connectivity index (χ1) is 10.1. The van der Waals surface area contributed by atoms with E-state index in [4.69, 9.17) is 4.74 Å². The topological polar surface area (TPSA) is 66.8 Å². The van der Waals surface area contributed by atoms with Crippen LogP contribution in [0.15, 0.2) is 17.9 Å². The van der Waals surface area contributed by atoms with E-state index in [1.54, 1.807) is 0 Å². The Morgan fingerprint density at radius 2 is 1.68 bits per heavy atom. The van der Waals surface area contributed by atoms with E-state index in [0.29, 0.717) is 11.5 Å².